The van der Waals surface area contributed by atoms with Gasteiger partial charge in [0.1, 0.15) is 0 Å². The first-order valence-electron chi connectivity index (χ1n) is 11.3. The Morgan fingerprint density at radius 1 is 0.800 bits per heavy atom. The molecule has 2 fully saturated rings. The van der Waals surface area contributed by atoms with E-state index in [9.17, 15) is 4.79 Å². The van der Waals surface area contributed by atoms with Gasteiger partial charge in [0.15, 0.2) is 5.78 Å². The molecule has 1 aliphatic heterocycles. The summed E-state index contributed by atoms with van der Waals surface area (Å²) < 4.78 is 0. The van der Waals surface area contributed by atoms with Crippen molar-refractivity contribution < 1.29 is 4.79 Å². The molecule has 1 aliphatic carbocycles. The summed E-state index contributed by atoms with van der Waals surface area (Å²) in [6.45, 7) is 8.66. The van der Waals surface area contributed by atoms with Crippen molar-refractivity contribution in [3.05, 3.63) is 70.8 Å². The highest BCUT2D eigenvalue weighted by Crippen LogP contribution is 2.30. The molecule has 0 spiro atoms. The van der Waals surface area contributed by atoms with E-state index in [1.54, 1.807) is 0 Å². The molecule has 0 atom stereocenters. The molecule has 1 saturated heterocycles. The van der Waals surface area contributed by atoms with Gasteiger partial charge in [-0.3, -0.25) is 4.79 Å². The third-order valence-electron chi connectivity index (χ3n) is 6.31. The SMILES string of the molecule is CCN(CC)c1ccc(C=C2CCC(=Cc3ccc(N4CCCC4)cc3)C2=O)cc1. The Bertz CT molecular complexity index is 862. The molecule has 3 nitrogen and oxygen atoms in total. The zero-order valence-electron chi connectivity index (χ0n) is 18.2. The molecule has 30 heavy (non-hydrogen) atoms. The number of hydrogen-bond acceptors (Lipinski definition) is 3. The van der Waals surface area contributed by atoms with Crippen LogP contribution >= 0.6 is 0 Å². The maximum Gasteiger partial charge on any atom is 0.185 e. The van der Waals surface area contributed by atoms with E-state index >= 15 is 0 Å². The number of allylic oxidation sites excluding steroid dienone is 2. The number of rotatable bonds is 6. The predicted octanol–water partition coefficient (Wildman–Crippen LogP) is 5.96. The maximum absolute atomic E-state index is 12.9. The van der Waals surface area contributed by atoms with Gasteiger partial charge in [0.25, 0.3) is 0 Å². The molecule has 0 aromatic heterocycles. The first kappa shape index (κ1) is 20.5. The van der Waals surface area contributed by atoms with Crippen LogP contribution in [0.3, 0.4) is 0 Å². The van der Waals surface area contributed by atoms with Crippen LogP contribution in [0.2, 0.25) is 0 Å². The number of carbonyl (C=O) groups is 1. The normalized spacial score (nSPS) is 19.3. The van der Waals surface area contributed by atoms with Crippen LogP contribution in [-0.4, -0.2) is 32.0 Å². The van der Waals surface area contributed by atoms with Crippen LogP contribution in [0.15, 0.2) is 59.7 Å². The minimum absolute atomic E-state index is 0.200. The topological polar surface area (TPSA) is 23.6 Å². The molecule has 1 heterocycles. The van der Waals surface area contributed by atoms with E-state index in [4.69, 9.17) is 0 Å². The minimum Gasteiger partial charge on any atom is -0.372 e. The average molecular weight is 401 g/mol. The second kappa shape index (κ2) is 9.34. The largest absolute Gasteiger partial charge is 0.372 e. The van der Waals surface area contributed by atoms with Crippen molar-refractivity contribution >= 4 is 29.3 Å². The average Bonchev–Trinajstić information content (AvgIpc) is 3.43. The zero-order chi connectivity index (χ0) is 20.9. The van der Waals surface area contributed by atoms with E-state index in [0.717, 1.165) is 61.3 Å². The second-order valence-corrected chi connectivity index (χ2v) is 8.22. The van der Waals surface area contributed by atoms with E-state index in [1.165, 1.54) is 24.2 Å². The van der Waals surface area contributed by atoms with E-state index in [2.05, 4.69) is 84.3 Å². The van der Waals surface area contributed by atoms with E-state index in [-0.39, 0.29) is 5.78 Å². The Kier molecular flexibility index (Phi) is 6.37. The fourth-order valence-corrected chi connectivity index (χ4v) is 4.51. The lowest BCUT2D eigenvalue weighted by Crippen LogP contribution is -2.21. The van der Waals surface area contributed by atoms with Gasteiger partial charge in [-0.25, -0.2) is 0 Å². The van der Waals surface area contributed by atoms with E-state index in [1.807, 2.05) is 0 Å². The molecular formula is C27H32N2O. The van der Waals surface area contributed by atoms with Crippen LogP contribution in [0.4, 0.5) is 11.4 Å². The Morgan fingerprint density at radius 2 is 1.30 bits per heavy atom. The first-order valence-corrected chi connectivity index (χ1v) is 11.3. The van der Waals surface area contributed by atoms with Gasteiger partial charge in [-0.1, -0.05) is 24.3 Å². The van der Waals surface area contributed by atoms with Gasteiger partial charge in [0.05, 0.1) is 0 Å². The highest BCUT2D eigenvalue weighted by molar-refractivity contribution is 6.15. The highest BCUT2D eigenvalue weighted by atomic mass is 16.1. The maximum atomic E-state index is 12.9. The molecule has 156 valence electrons. The summed E-state index contributed by atoms with van der Waals surface area (Å²) in [7, 11) is 0. The monoisotopic (exact) mass is 400 g/mol. The summed E-state index contributed by atoms with van der Waals surface area (Å²) in [6, 6.07) is 17.2. The van der Waals surface area contributed by atoms with Crippen molar-refractivity contribution in [3.63, 3.8) is 0 Å². The third-order valence-corrected chi connectivity index (χ3v) is 6.31. The second-order valence-electron chi connectivity index (χ2n) is 8.22. The van der Waals surface area contributed by atoms with Gasteiger partial charge < -0.3 is 9.80 Å². The lowest BCUT2D eigenvalue weighted by Gasteiger charge is -2.20. The van der Waals surface area contributed by atoms with Crippen LogP contribution < -0.4 is 9.80 Å². The molecule has 4 rings (SSSR count). The van der Waals surface area contributed by atoms with E-state index < -0.39 is 0 Å². The third kappa shape index (κ3) is 4.51. The van der Waals surface area contributed by atoms with Crippen LogP contribution in [0, 0.1) is 0 Å². The lowest BCUT2D eigenvalue weighted by atomic mass is 10.1. The molecule has 2 aliphatic rings. The predicted molar refractivity (Wildman–Crippen MR) is 128 cm³/mol. The van der Waals surface area contributed by atoms with Gasteiger partial charge in [-0.05, 0) is 87.1 Å². The summed E-state index contributed by atoms with van der Waals surface area (Å²) in [5.41, 5.74) is 6.59. The number of carbonyl (C=O) groups excluding carboxylic acids is 1. The van der Waals surface area contributed by atoms with Gasteiger partial charge >= 0.3 is 0 Å². The number of nitrogens with zero attached hydrogens (tertiary/aromatic N) is 2. The molecular weight excluding hydrogens is 368 g/mol. The fourth-order valence-electron chi connectivity index (χ4n) is 4.51. The number of anilines is 2. The smallest absolute Gasteiger partial charge is 0.185 e. The highest BCUT2D eigenvalue weighted by Gasteiger charge is 2.23. The number of Topliss-reactive ketones (excluding diaryl/α,β-unsaturated/α-hetero) is 1. The standard InChI is InChI=1S/C27H32N2O/c1-3-28(4-2)25-13-7-21(8-14-25)19-23-11-12-24(27(23)30)20-22-9-15-26(16-10-22)29-17-5-6-18-29/h7-10,13-16,19-20H,3-6,11-12,17-18H2,1-2H3. The van der Waals surface area contributed by atoms with Crippen LogP contribution in [-0.2, 0) is 4.79 Å². The fraction of sp³-hybridized carbons (Fsp3) is 0.370. The van der Waals surface area contributed by atoms with Crippen LogP contribution in [0.1, 0.15) is 50.7 Å². The van der Waals surface area contributed by atoms with Crippen molar-refractivity contribution in [2.24, 2.45) is 0 Å². The van der Waals surface area contributed by atoms with Crippen molar-refractivity contribution in [1.29, 1.82) is 0 Å². The summed E-state index contributed by atoms with van der Waals surface area (Å²) in [6.07, 6.45) is 8.36. The Balaban J connectivity index is 1.45. The summed E-state index contributed by atoms with van der Waals surface area (Å²) in [5, 5.41) is 0. The molecule has 0 radical (unpaired) electrons. The van der Waals surface area contributed by atoms with Gasteiger partial charge in [-0.15, -0.1) is 0 Å². The van der Waals surface area contributed by atoms with Gasteiger partial charge in [0, 0.05) is 48.7 Å². The first-order chi connectivity index (χ1) is 14.7. The number of ketones is 1. The molecule has 3 heteroatoms. The Hall–Kier alpha value is -2.81. The summed E-state index contributed by atoms with van der Waals surface area (Å²) in [5.74, 6) is 0.200. The molecule has 0 amide bonds. The van der Waals surface area contributed by atoms with Crippen molar-refractivity contribution in [3.8, 4) is 0 Å². The Labute approximate surface area is 180 Å². The van der Waals surface area contributed by atoms with Gasteiger partial charge in [-0.2, -0.15) is 0 Å². The quantitative estimate of drug-likeness (QED) is 0.559. The summed E-state index contributed by atoms with van der Waals surface area (Å²) in [4.78, 5) is 17.7. The zero-order valence-corrected chi connectivity index (χ0v) is 18.2. The molecule has 1 saturated carbocycles. The van der Waals surface area contributed by atoms with Crippen molar-refractivity contribution in [1.82, 2.24) is 0 Å². The molecule has 2 aromatic rings. The molecule has 0 N–H and O–H groups in total. The van der Waals surface area contributed by atoms with Crippen molar-refractivity contribution in [2.45, 2.75) is 39.5 Å². The Morgan fingerprint density at radius 3 is 1.80 bits per heavy atom. The van der Waals surface area contributed by atoms with Crippen LogP contribution in [0.25, 0.3) is 12.2 Å². The lowest BCUT2D eigenvalue weighted by molar-refractivity contribution is -0.111. The minimum atomic E-state index is 0.200. The molecule has 0 unspecified atom stereocenters. The van der Waals surface area contributed by atoms with Crippen LogP contribution in [0.5, 0.6) is 0 Å². The number of benzene rings is 2. The van der Waals surface area contributed by atoms with Gasteiger partial charge in [0.2, 0.25) is 0 Å². The summed E-state index contributed by atoms with van der Waals surface area (Å²) >= 11 is 0. The van der Waals surface area contributed by atoms with E-state index in [0.29, 0.717) is 0 Å². The molecule has 2 aromatic carbocycles. The number of hydrogen-bond donors (Lipinski definition) is 0. The molecule has 0 bridgehead atoms. The van der Waals surface area contributed by atoms with Crippen molar-refractivity contribution in [2.75, 3.05) is 36.0 Å².